The molecule has 1 unspecified atom stereocenters. The SMILES string of the molecule is CCC(CC(=O)O)Sc1cc(F)ccc1F. The van der Waals surface area contributed by atoms with Crippen molar-refractivity contribution in [2.75, 3.05) is 0 Å². The summed E-state index contributed by atoms with van der Waals surface area (Å²) in [5, 5.41) is 8.39. The fraction of sp³-hybridized carbons (Fsp3) is 0.364. The van der Waals surface area contributed by atoms with Crippen molar-refractivity contribution in [2.45, 2.75) is 29.9 Å². The lowest BCUT2D eigenvalue weighted by Crippen LogP contribution is -2.08. The summed E-state index contributed by atoms with van der Waals surface area (Å²) in [6, 6.07) is 3.17. The summed E-state index contributed by atoms with van der Waals surface area (Å²) in [6.45, 7) is 1.82. The molecule has 1 atom stereocenters. The van der Waals surface area contributed by atoms with E-state index < -0.39 is 17.6 Å². The molecule has 0 fully saturated rings. The molecule has 1 rings (SSSR count). The van der Waals surface area contributed by atoms with Gasteiger partial charge in [0.25, 0.3) is 0 Å². The van der Waals surface area contributed by atoms with Crippen LogP contribution in [0.15, 0.2) is 23.1 Å². The number of rotatable bonds is 5. The van der Waals surface area contributed by atoms with Crippen LogP contribution in [0.4, 0.5) is 8.78 Å². The number of aliphatic carboxylic acids is 1. The summed E-state index contributed by atoms with van der Waals surface area (Å²) in [5.41, 5.74) is 0. The molecule has 16 heavy (non-hydrogen) atoms. The predicted octanol–water partition coefficient (Wildman–Crippen LogP) is 3.31. The minimum atomic E-state index is -0.934. The quantitative estimate of drug-likeness (QED) is 0.810. The van der Waals surface area contributed by atoms with Crippen molar-refractivity contribution in [3.63, 3.8) is 0 Å². The van der Waals surface area contributed by atoms with Gasteiger partial charge in [0, 0.05) is 10.1 Å². The highest BCUT2D eigenvalue weighted by atomic mass is 32.2. The molecule has 1 aromatic carbocycles. The zero-order chi connectivity index (χ0) is 12.1. The van der Waals surface area contributed by atoms with Gasteiger partial charge < -0.3 is 5.11 Å². The summed E-state index contributed by atoms with van der Waals surface area (Å²) < 4.78 is 26.1. The van der Waals surface area contributed by atoms with E-state index in [1.54, 1.807) is 0 Å². The summed E-state index contributed by atoms with van der Waals surface area (Å²) in [6.07, 6.45) is 0.532. The summed E-state index contributed by atoms with van der Waals surface area (Å²) in [4.78, 5) is 10.7. The largest absolute Gasteiger partial charge is 0.481 e. The van der Waals surface area contributed by atoms with Crippen LogP contribution in [0.25, 0.3) is 0 Å². The average molecular weight is 246 g/mol. The van der Waals surface area contributed by atoms with Crippen LogP contribution in [0.1, 0.15) is 19.8 Å². The van der Waals surface area contributed by atoms with Crippen molar-refractivity contribution in [1.29, 1.82) is 0 Å². The maximum atomic E-state index is 13.3. The molecular weight excluding hydrogens is 234 g/mol. The lowest BCUT2D eigenvalue weighted by molar-refractivity contribution is -0.136. The van der Waals surface area contributed by atoms with Gasteiger partial charge >= 0.3 is 5.97 Å². The summed E-state index contributed by atoms with van der Waals surface area (Å²) in [5.74, 6) is -1.97. The van der Waals surface area contributed by atoms with E-state index in [4.69, 9.17) is 5.11 Å². The predicted molar refractivity (Wildman–Crippen MR) is 58.5 cm³/mol. The molecule has 1 aromatic rings. The Hall–Kier alpha value is -1.10. The van der Waals surface area contributed by atoms with E-state index in [1.807, 2.05) is 6.92 Å². The lowest BCUT2D eigenvalue weighted by atomic mass is 10.2. The van der Waals surface area contributed by atoms with Crippen molar-refractivity contribution in [2.24, 2.45) is 0 Å². The first-order valence-corrected chi connectivity index (χ1v) is 5.74. The maximum Gasteiger partial charge on any atom is 0.304 e. The average Bonchev–Trinajstić information content (AvgIpc) is 2.21. The fourth-order valence-electron chi connectivity index (χ4n) is 1.21. The molecule has 2 nitrogen and oxygen atoms in total. The lowest BCUT2D eigenvalue weighted by Gasteiger charge is -2.12. The molecule has 0 aliphatic heterocycles. The smallest absolute Gasteiger partial charge is 0.304 e. The van der Waals surface area contributed by atoms with Gasteiger partial charge in [0.2, 0.25) is 0 Å². The van der Waals surface area contributed by atoms with E-state index in [9.17, 15) is 13.6 Å². The Morgan fingerprint density at radius 3 is 2.75 bits per heavy atom. The molecule has 1 N–H and O–H groups in total. The standard InChI is InChI=1S/C11H12F2O2S/c1-2-8(6-11(14)15)16-10-5-7(12)3-4-9(10)13/h3-5,8H,2,6H2,1H3,(H,14,15). The number of benzene rings is 1. The Bertz CT molecular complexity index is 382. The third-order valence-corrected chi connectivity index (χ3v) is 3.44. The van der Waals surface area contributed by atoms with Crippen LogP contribution < -0.4 is 0 Å². The van der Waals surface area contributed by atoms with Gasteiger partial charge in [-0.3, -0.25) is 4.79 Å². The van der Waals surface area contributed by atoms with Gasteiger partial charge in [-0.2, -0.15) is 0 Å². The molecule has 5 heteroatoms. The molecule has 88 valence electrons. The maximum absolute atomic E-state index is 13.3. The number of hydrogen-bond acceptors (Lipinski definition) is 2. The molecule has 0 bridgehead atoms. The van der Waals surface area contributed by atoms with Crippen LogP contribution in [0.2, 0.25) is 0 Å². The first-order valence-electron chi connectivity index (χ1n) is 4.86. The van der Waals surface area contributed by atoms with E-state index in [2.05, 4.69) is 0 Å². The molecule has 0 radical (unpaired) electrons. The highest BCUT2D eigenvalue weighted by Gasteiger charge is 2.15. The van der Waals surface area contributed by atoms with Gasteiger partial charge in [0.1, 0.15) is 11.6 Å². The Kier molecular flexibility index (Phi) is 4.73. The third-order valence-electron chi connectivity index (χ3n) is 2.04. The monoisotopic (exact) mass is 246 g/mol. The number of thioether (sulfide) groups is 1. The molecule has 0 heterocycles. The number of carboxylic acids is 1. The molecule has 0 aliphatic carbocycles. The van der Waals surface area contributed by atoms with Crippen LogP contribution in [-0.4, -0.2) is 16.3 Å². The molecule has 0 aliphatic rings. The van der Waals surface area contributed by atoms with Crippen LogP contribution in [-0.2, 0) is 4.79 Å². The van der Waals surface area contributed by atoms with E-state index in [1.165, 1.54) is 0 Å². The summed E-state index contributed by atoms with van der Waals surface area (Å²) in [7, 11) is 0. The van der Waals surface area contributed by atoms with Gasteiger partial charge in [0.05, 0.1) is 6.42 Å². The van der Waals surface area contributed by atoms with E-state index >= 15 is 0 Å². The molecular formula is C11H12F2O2S. The number of carbonyl (C=O) groups is 1. The second-order valence-corrected chi connectivity index (χ2v) is 4.66. The number of halogens is 2. The zero-order valence-corrected chi connectivity index (χ0v) is 9.56. The highest BCUT2D eigenvalue weighted by Crippen LogP contribution is 2.30. The summed E-state index contributed by atoms with van der Waals surface area (Å²) >= 11 is 1.06. The Morgan fingerprint density at radius 2 is 2.19 bits per heavy atom. The molecule has 0 amide bonds. The molecule has 0 aromatic heterocycles. The number of hydrogen-bond donors (Lipinski definition) is 1. The zero-order valence-electron chi connectivity index (χ0n) is 8.74. The van der Waals surface area contributed by atoms with Gasteiger partial charge in [0.15, 0.2) is 0 Å². The van der Waals surface area contributed by atoms with Crippen LogP contribution in [0, 0.1) is 11.6 Å². The van der Waals surface area contributed by atoms with E-state index in [0.717, 1.165) is 30.0 Å². The second kappa shape index (κ2) is 5.84. The van der Waals surface area contributed by atoms with Gasteiger partial charge in [-0.15, -0.1) is 11.8 Å². The van der Waals surface area contributed by atoms with Gasteiger partial charge in [-0.05, 0) is 24.6 Å². The van der Waals surface area contributed by atoms with Crippen LogP contribution in [0.5, 0.6) is 0 Å². The van der Waals surface area contributed by atoms with Crippen molar-refractivity contribution < 1.29 is 18.7 Å². The minimum Gasteiger partial charge on any atom is -0.481 e. The fourth-order valence-corrected chi connectivity index (χ4v) is 2.32. The first-order chi connectivity index (χ1) is 7.52. The first kappa shape index (κ1) is 13.0. The van der Waals surface area contributed by atoms with Crippen LogP contribution in [0.3, 0.4) is 0 Å². The second-order valence-electron chi connectivity index (χ2n) is 3.32. The molecule has 0 spiro atoms. The molecule has 0 saturated heterocycles. The normalized spacial score (nSPS) is 12.4. The topological polar surface area (TPSA) is 37.3 Å². The Morgan fingerprint density at radius 1 is 1.50 bits per heavy atom. The highest BCUT2D eigenvalue weighted by molar-refractivity contribution is 8.00. The van der Waals surface area contributed by atoms with Crippen LogP contribution >= 0.6 is 11.8 Å². The molecule has 0 saturated carbocycles. The van der Waals surface area contributed by atoms with Gasteiger partial charge in [-0.25, -0.2) is 8.78 Å². The van der Waals surface area contributed by atoms with Crippen molar-refractivity contribution in [1.82, 2.24) is 0 Å². The van der Waals surface area contributed by atoms with E-state index in [0.29, 0.717) is 6.42 Å². The number of carboxylic acid groups (broad SMARTS) is 1. The third kappa shape index (κ3) is 3.81. The van der Waals surface area contributed by atoms with E-state index in [-0.39, 0.29) is 16.6 Å². The van der Waals surface area contributed by atoms with Crippen molar-refractivity contribution in [3.8, 4) is 0 Å². The Labute approximate surface area is 96.7 Å². The van der Waals surface area contributed by atoms with Gasteiger partial charge in [-0.1, -0.05) is 6.92 Å². The van der Waals surface area contributed by atoms with Crippen molar-refractivity contribution >= 4 is 17.7 Å². The minimum absolute atomic E-state index is 0.0584. The Balaban J connectivity index is 2.77. The van der Waals surface area contributed by atoms with Crippen molar-refractivity contribution in [3.05, 3.63) is 29.8 Å².